The van der Waals surface area contributed by atoms with Gasteiger partial charge in [-0.3, -0.25) is 0 Å². The third-order valence-electron chi connectivity index (χ3n) is 3.43. The van der Waals surface area contributed by atoms with E-state index < -0.39 is 12.8 Å². The first-order valence-electron chi connectivity index (χ1n) is 6.22. The molecule has 1 N–H and O–H groups in total. The lowest BCUT2D eigenvalue weighted by molar-refractivity contribution is -0.175. The molecule has 17 heavy (non-hydrogen) atoms. The molecule has 1 atom stereocenters. The summed E-state index contributed by atoms with van der Waals surface area (Å²) in [5.74, 6) is 0.649. The molecule has 1 rings (SSSR count). The molecule has 0 aromatic rings. The van der Waals surface area contributed by atoms with Crippen molar-refractivity contribution >= 4 is 0 Å². The summed E-state index contributed by atoms with van der Waals surface area (Å²) in [6, 6.07) is 0. The van der Waals surface area contributed by atoms with Crippen LogP contribution in [0.1, 0.15) is 33.1 Å². The zero-order valence-electron chi connectivity index (χ0n) is 10.6. The Kier molecular flexibility index (Phi) is 5.25. The molecule has 1 fully saturated rings. The summed E-state index contributed by atoms with van der Waals surface area (Å²) in [4.78, 5) is 0. The molecule has 0 spiro atoms. The van der Waals surface area contributed by atoms with Crippen molar-refractivity contribution < 1.29 is 17.9 Å². The fraction of sp³-hybridized carbons (Fsp3) is 1.00. The van der Waals surface area contributed by atoms with Gasteiger partial charge in [0, 0.05) is 13.2 Å². The minimum atomic E-state index is -4.21. The van der Waals surface area contributed by atoms with Crippen LogP contribution in [0, 0.1) is 11.3 Å². The van der Waals surface area contributed by atoms with Crippen molar-refractivity contribution in [3.05, 3.63) is 0 Å². The maximum atomic E-state index is 11.9. The number of hydrogen-bond donors (Lipinski definition) is 1. The number of ether oxygens (including phenoxy) is 1. The number of rotatable bonds is 8. The average molecular weight is 253 g/mol. The highest BCUT2D eigenvalue weighted by Crippen LogP contribution is 2.47. The van der Waals surface area contributed by atoms with E-state index in [1.165, 1.54) is 12.8 Å². The summed E-state index contributed by atoms with van der Waals surface area (Å²) in [6.07, 6.45) is -1.12. The van der Waals surface area contributed by atoms with E-state index in [2.05, 4.69) is 12.2 Å². The quantitative estimate of drug-likeness (QED) is 0.671. The van der Waals surface area contributed by atoms with Crippen molar-refractivity contribution in [1.82, 2.24) is 5.32 Å². The lowest BCUT2D eigenvalue weighted by atomic mass is 9.81. The standard InChI is InChI=1S/C12H22F3NO/c1-3-16-8-11(2,10-4-5-10)6-7-17-9-12(13,14)15/h10,16H,3-9H2,1-2H3. The third-order valence-corrected chi connectivity index (χ3v) is 3.43. The van der Waals surface area contributed by atoms with Gasteiger partial charge >= 0.3 is 6.18 Å². The van der Waals surface area contributed by atoms with Gasteiger partial charge in [0.15, 0.2) is 0 Å². The maximum absolute atomic E-state index is 11.9. The van der Waals surface area contributed by atoms with Crippen molar-refractivity contribution in [2.75, 3.05) is 26.3 Å². The predicted molar refractivity (Wildman–Crippen MR) is 60.9 cm³/mol. The van der Waals surface area contributed by atoms with E-state index in [1.54, 1.807) is 0 Å². The van der Waals surface area contributed by atoms with Crippen LogP contribution in [0.4, 0.5) is 13.2 Å². The molecule has 5 heteroatoms. The van der Waals surface area contributed by atoms with Gasteiger partial charge in [0.1, 0.15) is 6.61 Å². The molecular weight excluding hydrogens is 231 g/mol. The summed E-state index contributed by atoms with van der Waals surface area (Å²) >= 11 is 0. The van der Waals surface area contributed by atoms with Crippen LogP contribution in [-0.4, -0.2) is 32.5 Å². The summed E-state index contributed by atoms with van der Waals surface area (Å²) in [5.41, 5.74) is 0.0849. The number of halogens is 3. The Morgan fingerprint density at radius 3 is 2.41 bits per heavy atom. The second-order valence-electron chi connectivity index (χ2n) is 5.13. The predicted octanol–water partition coefficient (Wildman–Crippen LogP) is 2.98. The number of nitrogens with one attached hydrogen (secondary N) is 1. The molecule has 0 aliphatic heterocycles. The van der Waals surface area contributed by atoms with Gasteiger partial charge in [0.05, 0.1) is 0 Å². The number of alkyl halides is 3. The summed E-state index contributed by atoms with van der Waals surface area (Å²) < 4.78 is 40.4. The van der Waals surface area contributed by atoms with E-state index >= 15 is 0 Å². The zero-order chi connectivity index (χ0) is 12.9. The van der Waals surface area contributed by atoms with Crippen molar-refractivity contribution in [3.8, 4) is 0 Å². The van der Waals surface area contributed by atoms with E-state index in [-0.39, 0.29) is 12.0 Å². The smallest absolute Gasteiger partial charge is 0.372 e. The topological polar surface area (TPSA) is 21.3 Å². The fourth-order valence-corrected chi connectivity index (χ4v) is 2.12. The van der Waals surface area contributed by atoms with E-state index in [0.29, 0.717) is 12.3 Å². The van der Waals surface area contributed by atoms with Crippen LogP contribution in [-0.2, 0) is 4.74 Å². The average Bonchev–Trinajstić information content (AvgIpc) is 3.04. The molecule has 0 aromatic heterocycles. The van der Waals surface area contributed by atoms with Crippen molar-refractivity contribution in [2.24, 2.45) is 11.3 Å². The van der Waals surface area contributed by atoms with Crippen LogP contribution < -0.4 is 5.32 Å². The minimum absolute atomic E-state index is 0.0849. The van der Waals surface area contributed by atoms with E-state index in [0.717, 1.165) is 13.1 Å². The van der Waals surface area contributed by atoms with Crippen LogP contribution in [0.25, 0.3) is 0 Å². The molecule has 0 heterocycles. The highest BCUT2D eigenvalue weighted by atomic mass is 19.4. The second-order valence-corrected chi connectivity index (χ2v) is 5.13. The Morgan fingerprint density at radius 1 is 1.29 bits per heavy atom. The molecule has 0 bridgehead atoms. The molecular formula is C12H22F3NO. The summed E-state index contributed by atoms with van der Waals surface area (Å²) in [6.45, 7) is 5.00. The van der Waals surface area contributed by atoms with Gasteiger partial charge in [0.2, 0.25) is 0 Å². The van der Waals surface area contributed by atoms with Crippen LogP contribution >= 0.6 is 0 Å². The summed E-state index contributed by atoms with van der Waals surface area (Å²) in [7, 11) is 0. The van der Waals surface area contributed by atoms with Gasteiger partial charge in [-0.05, 0) is 37.1 Å². The molecule has 0 aromatic carbocycles. The molecule has 1 unspecified atom stereocenters. The van der Waals surface area contributed by atoms with E-state index in [9.17, 15) is 13.2 Å². The first kappa shape index (κ1) is 14.8. The SMILES string of the molecule is CCNCC(C)(CCOCC(F)(F)F)C1CC1. The lowest BCUT2D eigenvalue weighted by Crippen LogP contribution is -2.35. The first-order chi connectivity index (χ1) is 7.87. The fourth-order valence-electron chi connectivity index (χ4n) is 2.12. The zero-order valence-corrected chi connectivity index (χ0v) is 10.6. The van der Waals surface area contributed by atoms with Crippen molar-refractivity contribution in [1.29, 1.82) is 0 Å². The molecule has 0 amide bonds. The van der Waals surface area contributed by atoms with Crippen molar-refractivity contribution in [2.45, 2.75) is 39.3 Å². The first-order valence-corrected chi connectivity index (χ1v) is 6.22. The largest absolute Gasteiger partial charge is 0.411 e. The molecule has 1 saturated carbocycles. The molecule has 2 nitrogen and oxygen atoms in total. The monoisotopic (exact) mass is 253 g/mol. The second kappa shape index (κ2) is 6.05. The van der Waals surface area contributed by atoms with E-state index in [1.807, 2.05) is 6.92 Å². The highest BCUT2D eigenvalue weighted by molar-refractivity contribution is 4.92. The van der Waals surface area contributed by atoms with E-state index in [4.69, 9.17) is 4.74 Å². The molecule has 0 radical (unpaired) electrons. The lowest BCUT2D eigenvalue weighted by Gasteiger charge is -2.30. The minimum Gasteiger partial charge on any atom is -0.372 e. The Labute approximate surface area is 101 Å². The Balaban J connectivity index is 2.25. The van der Waals surface area contributed by atoms with Crippen LogP contribution in [0.15, 0.2) is 0 Å². The third kappa shape index (κ3) is 5.73. The van der Waals surface area contributed by atoms with Crippen molar-refractivity contribution in [3.63, 3.8) is 0 Å². The van der Waals surface area contributed by atoms with Gasteiger partial charge in [-0.2, -0.15) is 13.2 Å². The number of hydrogen-bond acceptors (Lipinski definition) is 2. The van der Waals surface area contributed by atoms with Gasteiger partial charge in [-0.1, -0.05) is 13.8 Å². The van der Waals surface area contributed by atoms with Gasteiger partial charge in [-0.25, -0.2) is 0 Å². The highest BCUT2D eigenvalue weighted by Gasteiger charge is 2.40. The molecule has 0 saturated heterocycles. The van der Waals surface area contributed by atoms with Crippen LogP contribution in [0.2, 0.25) is 0 Å². The van der Waals surface area contributed by atoms with Gasteiger partial charge in [0.25, 0.3) is 0 Å². The maximum Gasteiger partial charge on any atom is 0.411 e. The molecule has 102 valence electrons. The Bertz CT molecular complexity index is 228. The molecule has 1 aliphatic carbocycles. The normalized spacial score (nSPS) is 20.3. The summed E-state index contributed by atoms with van der Waals surface area (Å²) in [5, 5.41) is 3.29. The Morgan fingerprint density at radius 2 is 1.94 bits per heavy atom. The van der Waals surface area contributed by atoms with Crippen LogP contribution in [0.5, 0.6) is 0 Å². The molecule has 1 aliphatic rings. The van der Waals surface area contributed by atoms with Crippen LogP contribution in [0.3, 0.4) is 0 Å². The van der Waals surface area contributed by atoms with Gasteiger partial charge in [-0.15, -0.1) is 0 Å². The Hall–Kier alpha value is -0.290. The van der Waals surface area contributed by atoms with Gasteiger partial charge < -0.3 is 10.1 Å².